The Kier molecular flexibility index (Phi) is 9.31. The predicted molar refractivity (Wildman–Crippen MR) is 159 cm³/mol. The zero-order valence-electron chi connectivity index (χ0n) is 24.8. The molecule has 2 aromatic carbocycles. The molecule has 1 aromatic heterocycles. The fourth-order valence-electron chi connectivity index (χ4n) is 4.76. The highest BCUT2D eigenvalue weighted by Crippen LogP contribution is 2.31. The zero-order chi connectivity index (χ0) is 29.6. The highest BCUT2D eigenvalue weighted by atomic mass is 16.5. The van der Waals surface area contributed by atoms with Crippen molar-refractivity contribution in [3.05, 3.63) is 66.2 Å². The number of hydrogen-bond acceptors (Lipinski definition) is 7. The number of anilines is 1. The largest absolute Gasteiger partial charge is 0.493 e. The summed E-state index contributed by atoms with van der Waals surface area (Å²) in [4.78, 5) is 32.2. The van der Waals surface area contributed by atoms with Crippen molar-refractivity contribution in [3.8, 4) is 22.8 Å². The quantitative estimate of drug-likeness (QED) is 0.436. The van der Waals surface area contributed by atoms with Crippen LogP contribution in [-0.4, -0.2) is 84.4 Å². The van der Waals surface area contributed by atoms with E-state index in [2.05, 4.69) is 20.4 Å². The molecular formula is C31H40N6O4. The average Bonchev–Trinajstić information content (AvgIpc) is 2.98. The van der Waals surface area contributed by atoms with E-state index in [-0.39, 0.29) is 24.5 Å². The van der Waals surface area contributed by atoms with Crippen molar-refractivity contribution in [1.82, 2.24) is 25.3 Å². The van der Waals surface area contributed by atoms with E-state index in [0.29, 0.717) is 37.7 Å². The third kappa shape index (κ3) is 7.45. The van der Waals surface area contributed by atoms with Gasteiger partial charge >= 0.3 is 6.03 Å². The van der Waals surface area contributed by atoms with Crippen LogP contribution in [0.4, 0.5) is 10.6 Å². The first-order chi connectivity index (χ1) is 19.6. The topological polar surface area (TPSA) is 100 Å². The Hall–Kier alpha value is -4.34. The zero-order valence-corrected chi connectivity index (χ0v) is 24.8. The molecule has 0 bridgehead atoms. The van der Waals surface area contributed by atoms with Gasteiger partial charge in [-0.05, 0) is 63.6 Å². The van der Waals surface area contributed by atoms with Crippen molar-refractivity contribution in [3.63, 3.8) is 0 Å². The first-order valence-electron chi connectivity index (χ1n) is 13.8. The molecule has 41 heavy (non-hydrogen) atoms. The van der Waals surface area contributed by atoms with Crippen molar-refractivity contribution < 1.29 is 19.1 Å². The van der Waals surface area contributed by atoms with Gasteiger partial charge in [0.05, 0.1) is 26.0 Å². The lowest BCUT2D eigenvalue weighted by molar-refractivity contribution is -0.132. The first kappa shape index (κ1) is 29.6. The van der Waals surface area contributed by atoms with E-state index in [1.165, 1.54) is 0 Å². The molecule has 1 aliphatic rings. The number of carbonyl (C=O) groups is 2. The Bertz CT molecular complexity index is 1320. The van der Waals surface area contributed by atoms with Crippen LogP contribution in [0.5, 0.6) is 11.5 Å². The predicted octanol–water partition coefficient (Wildman–Crippen LogP) is 4.38. The van der Waals surface area contributed by atoms with Gasteiger partial charge in [0.25, 0.3) is 0 Å². The molecule has 1 unspecified atom stereocenters. The fraction of sp³-hybridized carbons (Fsp3) is 0.419. The highest BCUT2D eigenvalue weighted by molar-refractivity contribution is 5.85. The number of aromatic nitrogens is 2. The van der Waals surface area contributed by atoms with Crippen LogP contribution in [0.3, 0.4) is 0 Å². The molecule has 2 heterocycles. The molecule has 0 saturated carbocycles. The van der Waals surface area contributed by atoms with Crippen molar-refractivity contribution in [2.75, 3.05) is 51.8 Å². The van der Waals surface area contributed by atoms with E-state index < -0.39 is 5.54 Å². The number of nitrogens with zero attached hydrogens (tertiary/aromatic N) is 5. The van der Waals surface area contributed by atoms with E-state index in [1.54, 1.807) is 19.1 Å². The van der Waals surface area contributed by atoms with E-state index in [0.717, 1.165) is 22.6 Å². The van der Waals surface area contributed by atoms with Crippen LogP contribution in [0.15, 0.2) is 60.7 Å². The molecule has 4 rings (SSSR count). The summed E-state index contributed by atoms with van der Waals surface area (Å²) in [7, 11) is 3.20. The Morgan fingerprint density at radius 3 is 2.20 bits per heavy atom. The third-order valence-electron chi connectivity index (χ3n) is 7.08. The van der Waals surface area contributed by atoms with Gasteiger partial charge in [-0.15, -0.1) is 10.2 Å². The maximum absolute atomic E-state index is 13.4. The number of ether oxygens (including phenoxy) is 2. The maximum atomic E-state index is 13.4. The Balaban J connectivity index is 1.39. The fourth-order valence-corrected chi connectivity index (χ4v) is 4.76. The van der Waals surface area contributed by atoms with Gasteiger partial charge in [0.2, 0.25) is 5.91 Å². The van der Waals surface area contributed by atoms with Crippen LogP contribution < -0.4 is 19.7 Å². The number of benzene rings is 2. The molecule has 1 saturated heterocycles. The van der Waals surface area contributed by atoms with Gasteiger partial charge < -0.3 is 29.5 Å². The third-order valence-corrected chi connectivity index (χ3v) is 7.08. The van der Waals surface area contributed by atoms with E-state index in [9.17, 15) is 9.59 Å². The van der Waals surface area contributed by atoms with Crippen molar-refractivity contribution in [2.45, 2.75) is 39.3 Å². The van der Waals surface area contributed by atoms with Gasteiger partial charge in [-0.25, -0.2) is 4.79 Å². The number of nitrogens with one attached hydrogen (secondary N) is 1. The second-order valence-electron chi connectivity index (χ2n) is 11.1. The second-order valence-corrected chi connectivity index (χ2v) is 11.1. The Morgan fingerprint density at radius 1 is 0.927 bits per heavy atom. The summed E-state index contributed by atoms with van der Waals surface area (Å²) in [5, 5.41) is 11.9. The lowest BCUT2D eigenvalue weighted by Crippen LogP contribution is -2.55. The van der Waals surface area contributed by atoms with Crippen LogP contribution in [-0.2, 0) is 4.79 Å². The minimum Gasteiger partial charge on any atom is -0.493 e. The summed E-state index contributed by atoms with van der Waals surface area (Å²) in [5.41, 5.74) is 2.16. The average molecular weight is 561 g/mol. The summed E-state index contributed by atoms with van der Waals surface area (Å²) in [5.74, 6) is 1.96. The molecule has 218 valence electrons. The highest BCUT2D eigenvalue weighted by Gasteiger charge is 2.30. The van der Waals surface area contributed by atoms with Crippen molar-refractivity contribution >= 4 is 17.8 Å². The van der Waals surface area contributed by atoms with E-state index >= 15 is 0 Å². The van der Waals surface area contributed by atoms with Crippen molar-refractivity contribution in [1.29, 1.82) is 0 Å². The standard InChI is InChI=1S/C31H40N6O4/c1-22(23-10-8-7-9-11-23)37(30(39)32-31(2,3)4)21-29(38)36-18-16-35(17-19-36)28-15-13-25(33-34-28)24-12-14-26(40-5)27(20-24)41-6/h7-15,20,22H,16-19,21H2,1-6H3,(H,32,39). The van der Waals surface area contributed by atoms with Gasteiger partial charge in [0, 0.05) is 37.3 Å². The molecule has 10 nitrogen and oxygen atoms in total. The first-order valence-corrected chi connectivity index (χ1v) is 13.8. The van der Waals surface area contributed by atoms with Gasteiger partial charge in [-0.3, -0.25) is 4.79 Å². The van der Waals surface area contributed by atoms with Gasteiger partial charge in [0.1, 0.15) is 6.54 Å². The van der Waals surface area contributed by atoms with Crippen molar-refractivity contribution in [2.24, 2.45) is 0 Å². The molecule has 0 spiro atoms. The number of amides is 3. The molecule has 0 radical (unpaired) electrons. The van der Waals surface area contributed by atoms with Crippen LogP contribution >= 0.6 is 0 Å². The number of piperazine rings is 1. The smallest absolute Gasteiger partial charge is 0.318 e. The lowest BCUT2D eigenvalue weighted by atomic mass is 10.1. The molecule has 0 aliphatic carbocycles. The molecule has 1 atom stereocenters. The summed E-state index contributed by atoms with van der Waals surface area (Å²) in [6.07, 6.45) is 0. The van der Waals surface area contributed by atoms with Gasteiger partial charge in [-0.1, -0.05) is 30.3 Å². The van der Waals surface area contributed by atoms with Crippen LogP contribution in [0.1, 0.15) is 39.3 Å². The lowest BCUT2D eigenvalue weighted by Gasteiger charge is -2.38. The summed E-state index contributed by atoms with van der Waals surface area (Å²) >= 11 is 0. The minimum absolute atomic E-state index is 0.00218. The summed E-state index contributed by atoms with van der Waals surface area (Å²) in [6, 6.07) is 18.7. The normalized spacial score (nSPS) is 14.3. The molecule has 3 amide bonds. The van der Waals surface area contributed by atoms with Crippen LogP contribution in [0.2, 0.25) is 0 Å². The number of hydrogen-bond donors (Lipinski definition) is 1. The summed E-state index contributed by atoms with van der Waals surface area (Å²) in [6.45, 7) is 10.1. The number of urea groups is 1. The molecule has 3 aromatic rings. The molecule has 10 heteroatoms. The number of rotatable bonds is 8. The molecule has 1 fully saturated rings. The van der Waals surface area contributed by atoms with E-state index in [1.807, 2.05) is 93.3 Å². The summed E-state index contributed by atoms with van der Waals surface area (Å²) < 4.78 is 10.7. The maximum Gasteiger partial charge on any atom is 0.318 e. The van der Waals surface area contributed by atoms with Gasteiger partial charge in [-0.2, -0.15) is 0 Å². The number of carbonyl (C=O) groups excluding carboxylic acids is 2. The number of methoxy groups -OCH3 is 2. The second kappa shape index (κ2) is 12.9. The minimum atomic E-state index is -0.420. The Morgan fingerprint density at radius 2 is 1.61 bits per heavy atom. The van der Waals surface area contributed by atoms with Gasteiger partial charge in [0.15, 0.2) is 17.3 Å². The van der Waals surface area contributed by atoms with Crippen LogP contribution in [0, 0.1) is 0 Å². The molecule has 1 N–H and O–H groups in total. The van der Waals surface area contributed by atoms with E-state index in [4.69, 9.17) is 9.47 Å². The molecular weight excluding hydrogens is 520 g/mol. The monoisotopic (exact) mass is 560 g/mol. The Labute approximate surface area is 242 Å². The van der Waals surface area contributed by atoms with Crippen LogP contribution in [0.25, 0.3) is 11.3 Å². The molecule has 1 aliphatic heterocycles. The SMILES string of the molecule is COc1ccc(-c2ccc(N3CCN(C(=O)CN(C(=O)NC(C)(C)C)C(C)c4ccccc4)CC3)nn2)cc1OC.